The molecule has 3 aromatic rings. The fraction of sp³-hybridized carbons (Fsp3) is 0.571. The first-order valence-corrected chi connectivity index (χ1v) is 23.2. The van der Waals surface area contributed by atoms with Gasteiger partial charge in [0.2, 0.25) is 0 Å². The first-order chi connectivity index (χ1) is 21.7. The SMILES string of the molecule is CC(C)CP(CC(C)C)c1ccc(N(c2ccc(P(CC(C)C)CC(C)C)cc2)c2ccc(P(CC(C)C)CC(C)C)cc2)cc1. The summed E-state index contributed by atoms with van der Waals surface area (Å²) in [4.78, 5) is 2.49. The topological polar surface area (TPSA) is 3.24 Å². The molecule has 0 spiro atoms. The van der Waals surface area contributed by atoms with Crippen molar-refractivity contribution in [3.05, 3.63) is 72.8 Å². The Morgan fingerprint density at radius 1 is 0.326 bits per heavy atom. The molecule has 0 bridgehead atoms. The highest BCUT2D eigenvalue weighted by Crippen LogP contribution is 2.43. The minimum absolute atomic E-state index is 0.142. The van der Waals surface area contributed by atoms with Crippen LogP contribution < -0.4 is 20.8 Å². The number of benzene rings is 3. The Bertz CT molecular complexity index is 1070. The number of anilines is 3. The van der Waals surface area contributed by atoms with Crippen molar-refractivity contribution in [2.24, 2.45) is 35.5 Å². The molecule has 0 saturated carbocycles. The van der Waals surface area contributed by atoms with Crippen LogP contribution in [0.25, 0.3) is 0 Å². The zero-order valence-corrected chi connectivity index (χ0v) is 34.1. The molecule has 0 aliphatic rings. The molecule has 0 unspecified atom stereocenters. The molecule has 254 valence electrons. The minimum Gasteiger partial charge on any atom is -0.311 e. The van der Waals surface area contributed by atoms with Gasteiger partial charge in [-0.1, -0.05) is 143 Å². The first kappa shape index (κ1) is 39.2. The Hall–Kier alpha value is -1.25. The normalized spacial score (nSPS) is 12.5. The van der Waals surface area contributed by atoms with E-state index in [1.54, 1.807) is 15.9 Å². The highest BCUT2D eigenvalue weighted by molar-refractivity contribution is 7.66. The third kappa shape index (κ3) is 12.7. The largest absolute Gasteiger partial charge is 0.311 e. The predicted octanol–water partition coefficient (Wildman–Crippen LogP) is 12.4. The Morgan fingerprint density at radius 2 is 0.500 bits per heavy atom. The first-order valence-electron chi connectivity index (χ1n) is 18.1. The van der Waals surface area contributed by atoms with Crippen LogP contribution in [0.4, 0.5) is 17.1 Å². The van der Waals surface area contributed by atoms with Crippen LogP contribution in [0.15, 0.2) is 72.8 Å². The maximum atomic E-state index is 2.49. The summed E-state index contributed by atoms with van der Waals surface area (Å²) in [5, 5.41) is 4.65. The second-order valence-corrected chi connectivity index (χ2v) is 22.9. The van der Waals surface area contributed by atoms with Gasteiger partial charge in [-0.15, -0.1) is 0 Å². The van der Waals surface area contributed by atoms with E-state index in [4.69, 9.17) is 0 Å². The summed E-state index contributed by atoms with van der Waals surface area (Å²) in [6, 6.07) is 29.0. The minimum atomic E-state index is -0.142. The zero-order chi connectivity index (χ0) is 34.0. The third-order valence-electron chi connectivity index (χ3n) is 7.93. The maximum Gasteiger partial charge on any atom is 0.0462 e. The summed E-state index contributed by atoms with van der Waals surface area (Å²) in [7, 11) is -0.427. The number of rotatable bonds is 18. The van der Waals surface area contributed by atoms with Gasteiger partial charge in [0.25, 0.3) is 0 Å². The van der Waals surface area contributed by atoms with Gasteiger partial charge in [0.1, 0.15) is 0 Å². The highest BCUT2D eigenvalue weighted by atomic mass is 31.1. The zero-order valence-electron chi connectivity index (χ0n) is 31.4. The van der Waals surface area contributed by atoms with E-state index in [2.05, 4.69) is 161 Å². The highest BCUT2D eigenvalue weighted by Gasteiger charge is 2.20. The van der Waals surface area contributed by atoms with Gasteiger partial charge < -0.3 is 4.90 Å². The smallest absolute Gasteiger partial charge is 0.0462 e. The lowest BCUT2D eigenvalue weighted by Gasteiger charge is -2.29. The number of nitrogens with zero attached hydrogens (tertiary/aromatic N) is 1. The van der Waals surface area contributed by atoms with E-state index in [9.17, 15) is 0 Å². The van der Waals surface area contributed by atoms with E-state index in [1.165, 1.54) is 54.0 Å². The summed E-state index contributed by atoms with van der Waals surface area (Å²) in [6.07, 6.45) is 7.86. The Labute approximate surface area is 289 Å². The van der Waals surface area contributed by atoms with E-state index in [1.807, 2.05) is 0 Å². The molecule has 0 N–H and O–H groups in total. The Balaban J connectivity index is 2.05. The van der Waals surface area contributed by atoms with Gasteiger partial charge in [0.05, 0.1) is 0 Å². The molecule has 46 heavy (non-hydrogen) atoms. The number of hydrogen-bond acceptors (Lipinski definition) is 1. The molecule has 0 radical (unpaired) electrons. The van der Waals surface area contributed by atoms with Gasteiger partial charge in [-0.05, 0) is 125 Å². The predicted molar refractivity (Wildman–Crippen MR) is 219 cm³/mol. The van der Waals surface area contributed by atoms with Gasteiger partial charge in [-0.25, -0.2) is 0 Å². The lowest BCUT2D eigenvalue weighted by Crippen LogP contribution is -2.16. The molecule has 0 amide bonds. The van der Waals surface area contributed by atoms with Gasteiger partial charge >= 0.3 is 0 Å². The number of hydrogen-bond donors (Lipinski definition) is 0. The second kappa shape index (κ2) is 19.1. The lowest BCUT2D eigenvalue weighted by atomic mass is 10.2. The van der Waals surface area contributed by atoms with Crippen LogP contribution >= 0.6 is 23.8 Å². The van der Waals surface area contributed by atoms with Crippen molar-refractivity contribution < 1.29 is 0 Å². The molecular formula is C42H66NP3. The quantitative estimate of drug-likeness (QED) is 0.121. The van der Waals surface area contributed by atoms with E-state index < -0.39 is 0 Å². The molecule has 3 rings (SSSR count). The molecule has 4 heteroatoms. The molecule has 0 aromatic heterocycles. The standard InChI is InChI=1S/C42H66NP3/c1-31(2)25-44(26-32(3)4)40-19-13-37(14-20-40)43(38-15-21-41(22-16-38)45(27-33(5)6)28-34(7)8)39-17-23-42(24-18-39)46(29-35(9)10)30-36(11)12/h13-24,31-36H,25-30H2,1-12H3. The maximum absolute atomic E-state index is 2.49. The average molecular weight is 678 g/mol. The van der Waals surface area contributed by atoms with Crippen LogP contribution in [0, 0.1) is 35.5 Å². The van der Waals surface area contributed by atoms with Gasteiger partial charge in [0, 0.05) is 17.1 Å². The molecule has 0 aliphatic carbocycles. The molecule has 0 fully saturated rings. The van der Waals surface area contributed by atoms with E-state index >= 15 is 0 Å². The van der Waals surface area contributed by atoms with Crippen LogP contribution in [0.5, 0.6) is 0 Å². The van der Waals surface area contributed by atoms with Crippen LogP contribution in [0.1, 0.15) is 83.1 Å². The van der Waals surface area contributed by atoms with Crippen LogP contribution in [0.3, 0.4) is 0 Å². The molecule has 0 saturated heterocycles. The molecule has 0 atom stereocenters. The molecule has 1 nitrogen and oxygen atoms in total. The van der Waals surface area contributed by atoms with Crippen LogP contribution in [-0.4, -0.2) is 37.0 Å². The van der Waals surface area contributed by atoms with Gasteiger partial charge in [0.15, 0.2) is 0 Å². The monoisotopic (exact) mass is 677 g/mol. The fourth-order valence-electron chi connectivity index (χ4n) is 6.39. The molecule has 0 aliphatic heterocycles. The summed E-state index contributed by atoms with van der Waals surface area (Å²) in [5.41, 5.74) is 3.77. The summed E-state index contributed by atoms with van der Waals surface area (Å²) >= 11 is 0. The van der Waals surface area contributed by atoms with Crippen molar-refractivity contribution in [3.63, 3.8) is 0 Å². The average Bonchev–Trinajstić information content (AvgIpc) is 2.96. The second-order valence-electron chi connectivity index (χ2n) is 16.0. The van der Waals surface area contributed by atoms with Crippen molar-refractivity contribution in [1.82, 2.24) is 0 Å². The van der Waals surface area contributed by atoms with Crippen molar-refractivity contribution >= 4 is 56.7 Å². The van der Waals surface area contributed by atoms with E-state index in [0.29, 0.717) is 0 Å². The van der Waals surface area contributed by atoms with Gasteiger partial charge in [-0.2, -0.15) is 0 Å². The lowest BCUT2D eigenvalue weighted by molar-refractivity contribution is 0.721. The van der Waals surface area contributed by atoms with Gasteiger partial charge in [-0.3, -0.25) is 0 Å². The molecule has 0 heterocycles. The van der Waals surface area contributed by atoms with Crippen molar-refractivity contribution in [2.45, 2.75) is 83.1 Å². The van der Waals surface area contributed by atoms with Crippen LogP contribution in [0.2, 0.25) is 0 Å². The van der Waals surface area contributed by atoms with Crippen molar-refractivity contribution in [1.29, 1.82) is 0 Å². The third-order valence-corrected chi connectivity index (χ3v) is 18.0. The van der Waals surface area contributed by atoms with E-state index in [-0.39, 0.29) is 23.8 Å². The Kier molecular flexibility index (Phi) is 16.2. The molecule has 3 aromatic carbocycles. The fourth-order valence-corrected chi connectivity index (χ4v) is 15.1. The van der Waals surface area contributed by atoms with Crippen molar-refractivity contribution in [2.75, 3.05) is 41.9 Å². The van der Waals surface area contributed by atoms with Crippen molar-refractivity contribution in [3.8, 4) is 0 Å². The molecular weight excluding hydrogens is 611 g/mol. The summed E-state index contributed by atoms with van der Waals surface area (Å²) < 4.78 is 0. The van der Waals surface area contributed by atoms with Crippen LogP contribution in [-0.2, 0) is 0 Å². The Morgan fingerprint density at radius 3 is 0.652 bits per heavy atom. The van der Waals surface area contributed by atoms with E-state index in [0.717, 1.165) is 35.5 Å². The summed E-state index contributed by atoms with van der Waals surface area (Å²) in [6.45, 7) is 28.5. The summed E-state index contributed by atoms with van der Waals surface area (Å²) in [5.74, 6) is 4.37.